The molecule has 1 N–H and O–H groups in total. The molecule has 2 saturated heterocycles. The SMILES string of the molecule is O=C(c1ccc2[nH]ccc2c1)N1C2CCC1CC(Oc1ccccn1)C2. The number of benzene rings is 1. The normalized spacial score (nSPS) is 24.8. The largest absolute Gasteiger partial charge is 0.474 e. The third-order valence-corrected chi connectivity index (χ3v) is 5.65. The molecule has 5 heteroatoms. The summed E-state index contributed by atoms with van der Waals surface area (Å²) in [6.07, 6.45) is 7.67. The molecule has 1 amide bonds. The van der Waals surface area contributed by atoms with Crippen LogP contribution in [-0.4, -0.2) is 39.0 Å². The lowest BCUT2D eigenvalue weighted by Crippen LogP contribution is -2.49. The van der Waals surface area contributed by atoms with Gasteiger partial charge in [-0.05, 0) is 43.2 Å². The number of H-pyrrole nitrogens is 1. The summed E-state index contributed by atoms with van der Waals surface area (Å²) in [5, 5.41) is 1.08. The van der Waals surface area contributed by atoms with E-state index in [2.05, 4.69) is 14.9 Å². The molecule has 2 bridgehead atoms. The summed E-state index contributed by atoms with van der Waals surface area (Å²) in [5.74, 6) is 0.825. The summed E-state index contributed by atoms with van der Waals surface area (Å²) < 4.78 is 6.06. The zero-order valence-electron chi connectivity index (χ0n) is 14.5. The zero-order valence-corrected chi connectivity index (χ0v) is 14.5. The summed E-state index contributed by atoms with van der Waals surface area (Å²) in [5.41, 5.74) is 1.84. The number of rotatable bonds is 3. The van der Waals surface area contributed by atoms with Crippen LogP contribution in [0.25, 0.3) is 10.9 Å². The van der Waals surface area contributed by atoms with Crippen LogP contribution >= 0.6 is 0 Å². The number of carbonyl (C=O) groups is 1. The molecule has 2 aliphatic heterocycles. The molecule has 4 heterocycles. The van der Waals surface area contributed by atoms with Gasteiger partial charge in [0, 0.05) is 59.9 Å². The highest BCUT2D eigenvalue weighted by Crippen LogP contribution is 2.38. The van der Waals surface area contributed by atoms with Gasteiger partial charge < -0.3 is 14.6 Å². The van der Waals surface area contributed by atoms with E-state index in [0.717, 1.165) is 42.1 Å². The Morgan fingerprint density at radius 2 is 1.96 bits per heavy atom. The number of aromatic amines is 1. The fourth-order valence-electron chi connectivity index (χ4n) is 4.48. The standard InChI is InChI=1S/C21H21N3O2/c25-21(15-4-7-19-14(11-15)8-10-22-19)24-16-5-6-17(24)13-18(12-16)26-20-3-1-2-9-23-20/h1-4,7-11,16-18,22H,5-6,12-13H2. The van der Waals surface area contributed by atoms with Crippen LogP contribution in [0.3, 0.4) is 0 Å². The first-order valence-corrected chi connectivity index (χ1v) is 9.25. The molecule has 0 saturated carbocycles. The average molecular weight is 347 g/mol. The van der Waals surface area contributed by atoms with Crippen molar-refractivity contribution in [2.24, 2.45) is 0 Å². The maximum atomic E-state index is 13.2. The van der Waals surface area contributed by atoms with Crippen molar-refractivity contribution < 1.29 is 9.53 Å². The molecular weight excluding hydrogens is 326 g/mol. The average Bonchev–Trinajstić information content (AvgIpc) is 3.24. The minimum Gasteiger partial charge on any atom is -0.474 e. The summed E-state index contributed by atoms with van der Waals surface area (Å²) in [7, 11) is 0. The van der Waals surface area contributed by atoms with Gasteiger partial charge in [0.25, 0.3) is 5.91 Å². The number of nitrogens with one attached hydrogen (secondary N) is 1. The first-order valence-electron chi connectivity index (χ1n) is 9.25. The summed E-state index contributed by atoms with van der Waals surface area (Å²) in [6, 6.07) is 14.2. The van der Waals surface area contributed by atoms with Crippen LogP contribution in [0, 0.1) is 0 Å². The van der Waals surface area contributed by atoms with Gasteiger partial charge >= 0.3 is 0 Å². The summed E-state index contributed by atoms with van der Waals surface area (Å²) in [4.78, 5) is 22.7. The van der Waals surface area contributed by atoms with Crippen LogP contribution in [0.1, 0.15) is 36.0 Å². The van der Waals surface area contributed by atoms with Crippen molar-refractivity contribution in [3.8, 4) is 5.88 Å². The molecule has 0 spiro atoms. The van der Waals surface area contributed by atoms with Gasteiger partial charge in [-0.1, -0.05) is 6.07 Å². The Balaban J connectivity index is 1.34. The summed E-state index contributed by atoms with van der Waals surface area (Å²) >= 11 is 0. The molecule has 0 aliphatic carbocycles. The van der Waals surface area contributed by atoms with Gasteiger partial charge in [0.2, 0.25) is 5.88 Å². The Hall–Kier alpha value is -2.82. The first kappa shape index (κ1) is 15.4. The van der Waals surface area contributed by atoms with E-state index in [1.165, 1.54) is 0 Å². The minimum absolute atomic E-state index is 0.138. The highest BCUT2D eigenvalue weighted by molar-refractivity contribution is 5.98. The van der Waals surface area contributed by atoms with Gasteiger partial charge in [-0.25, -0.2) is 4.98 Å². The van der Waals surface area contributed by atoms with Crippen LogP contribution in [0.4, 0.5) is 0 Å². The molecule has 1 aromatic carbocycles. The van der Waals surface area contributed by atoms with Crippen LogP contribution in [0.5, 0.6) is 5.88 Å². The Labute approximate surface area is 152 Å². The number of carbonyl (C=O) groups excluding carboxylic acids is 1. The van der Waals surface area contributed by atoms with Crippen LogP contribution < -0.4 is 4.74 Å². The molecule has 2 aliphatic rings. The van der Waals surface area contributed by atoms with Crippen molar-refractivity contribution in [3.05, 3.63) is 60.4 Å². The van der Waals surface area contributed by atoms with E-state index in [4.69, 9.17) is 4.74 Å². The Bertz CT molecular complexity index is 923. The van der Waals surface area contributed by atoms with Crippen molar-refractivity contribution in [2.45, 2.75) is 43.9 Å². The monoisotopic (exact) mass is 347 g/mol. The summed E-state index contributed by atoms with van der Waals surface area (Å²) in [6.45, 7) is 0. The molecule has 5 nitrogen and oxygen atoms in total. The fraction of sp³-hybridized carbons (Fsp3) is 0.333. The topological polar surface area (TPSA) is 58.2 Å². The molecule has 5 rings (SSSR count). The zero-order chi connectivity index (χ0) is 17.5. The van der Waals surface area contributed by atoms with Crippen molar-refractivity contribution >= 4 is 16.8 Å². The van der Waals surface area contributed by atoms with Crippen molar-refractivity contribution in [2.75, 3.05) is 0 Å². The van der Waals surface area contributed by atoms with Crippen LogP contribution in [0.15, 0.2) is 54.9 Å². The molecule has 26 heavy (non-hydrogen) atoms. The van der Waals surface area contributed by atoms with E-state index in [-0.39, 0.29) is 24.1 Å². The van der Waals surface area contributed by atoms with E-state index < -0.39 is 0 Å². The predicted octanol–water partition coefficient (Wildman–Crippen LogP) is 3.78. The first-order chi connectivity index (χ1) is 12.8. The number of amides is 1. The Morgan fingerprint density at radius 3 is 2.73 bits per heavy atom. The fourth-order valence-corrected chi connectivity index (χ4v) is 4.48. The Morgan fingerprint density at radius 1 is 1.12 bits per heavy atom. The van der Waals surface area contributed by atoms with E-state index >= 15 is 0 Å². The maximum Gasteiger partial charge on any atom is 0.254 e. The highest BCUT2D eigenvalue weighted by Gasteiger charge is 2.44. The van der Waals surface area contributed by atoms with E-state index in [0.29, 0.717) is 5.88 Å². The molecule has 132 valence electrons. The van der Waals surface area contributed by atoms with E-state index in [1.807, 2.05) is 48.7 Å². The molecule has 2 fully saturated rings. The number of hydrogen-bond donors (Lipinski definition) is 1. The van der Waals surface area contributed by atoms with Gasteiger partial charge in [0.1, 0.15) is 6.10 Å². The molecule has 2 aromatic heterocycles. The third-order valence-electron chi connectivity index (χ3n) is 5.65. The second kappa shape index (κ2) is 6.16. The second-order valence-electron chi connectivity index (χ2n) is 7.26. The van der Waals surface area contributed by atoms with Gasteiger partial charge in [-0.15, -0.1) is 0 Å². The predicted molar refractivity (Wildman–Crippen MR) is 99.2 cm³/mol. The number of nitrogens with zero attached hydrogens (tertiary/aromatic N) is 2. The third kappa shape index (κ3) is 2.64. The van der Waals surface area contributed by atoms with Crippen molar-refractivity contribution in [1.82, 2.24) is 14.9 Å². The Kier molecular flexibility index (Phi) is 3.66. The van der Waals surface area contributed by atoms with E-state index in [1.54, 1.807) is 6.20 Å². The lowest BCUT2D eigenvalue weighted by molar-refractivity contribution is 0.0348. The smallest absolute Gasteiger partial charge is 0.254 e. The van der Waals surface area contributed by atoms with Gasteiger partial charge in [0.05, 0.1) is 0 Å². The molecule has 0 radical (unpaired) electrons. The van der Waals surface area contributed by atoms with Gasteiger partial charge in [0.15, 0.2) is 0 Å². The van der Waals surface area contributed by atoms with Crippen molar-refractivity contribution in [1.29, 1.82) is 0 Å². The second-order valence-corrected chi connectivity index (χ2v) is 7.26. The molecule has 2 atom stereocenters. The van der Waals surface area contributed by atoms with E-state index in [9.17, 15) is 4.79 Å². The van der Waals surface area contributed by atoms with Crippen LogP contribution in [0.2, 0.25) is 0 Å². The number of aromatic nitrogens is 2. The maximum absolute atomic E-state index is 13.2. The quantitative estimate of drug-likeness (QED) is 0.784. The number of ether oxygens (including phenoxy) is 1. The lowest BCUT2D eigenvalue weighted by atomic mass is 9.98. The molecular formula is C21H21N3O2. The van der Waals surface area contributed by atoms with Gasteiger partial charge in [-0.2, -0.15) is 0 Å². The molecule has 2 unspecified atom stereocenters. The number of piperidine rings is 1. The lowest BCUT2D eigenvalue weighted by Gasteiger charge is -2.38. The minimum atomic E-state index is 0.138. The molecule has 3 aromatic rings. The number of hydrogen-bond acceptors (Lipinski definition) is 3. The van der Waals surface area contributed by atoms with Crippen LogP contribution in [-0.2, 0) is 0 Å². The van der Waals surface area contributed by atoms with Gasteiger partial charge in [-0.3, -0.25) is 4.79 Å². The number of fused-ring (bicyclic) bond motifs is 3. The van der Waals surface area contributed by atoms with Crippen molar-refractivity contribution in [3.63, 3.8) is 0 Å². The number of pyridine rings is 1. The highest BCUT2D eigenvalue weighted by atomic mass is 16.5.